The fourth-order valence-electron chi connectivity index (χ4n) is 5.07. The lowest BCUT2D eigenvalue weighted by molar-refractivity contribution is 0.233. The molecule has 4 aromatic rings. The molecule has 0 unspecified atom stereocenters. The van der Waals surface area contributed by atoms with Crippen molar-refractivity contribution in [1.29, 1.82) is 0 Å². The summed E-state index contributed by atoms with van der Waals surface area (Å²) in [4.78, 5) is 13.1. The number of carbonyl (C=O) groups excluding carboxylic acids is 1. The summed E-state index contributed by atoms with van der Waals surface area (Å²) < 4.78 is 5.48. The zero-order chi connectivity index (χ0) is 22.8. The average molecular weight is 437 g/mol. The van der Waals surface area contributed by atoms with Crippen molar-refractivity contribution in [2.45, 2.75) is 31.3 Å². The molecule has 0 saturated heterocycles. The summed E-state index contributed by atoms with van der Waals surface area (Å²) >= 11 is 0. The molecule has 0 heterocycles. The van der Waals surface area contributed by atoms with Gasteiger partial charge in [0.25, 0.3) is 0 Å². The minimum Gasteiger partial charge on any atom is -0.497 e. The van der Waals surface area contributed by atoms with Gasteiger partial charge in [0.15, 0.2) is 0 Å². The van der Waals surface area contributed by atoms with Gasteiger partial charge in [0.05, 0.1) is 13.2 Å². The van der Waals surface area contributed by atoms with E-state index in [-0.39, 0.29) is 24.0 Å². The Morgan fingerprint density at radius 2 is 1.70 bits per heavy atom. The molecular weight excluding hydrogens is 408 g/mol. The highest BCUT2D eigenvalue weighted by Gasteiger charge is 2.35. The number of hydrogen-bond acceptors (Lipinski definition) is 2. The zero-order valence-corrected chi connectivity index (χ0v) is 18.9. The van der Waals surface area contributed by atoms with Crippen LogP contribution in [0.15, 0.2) is 91.0 Å². The number of urea groups is 1. The molecule has 33 heavy (non-hydrogen) atoms. The zero-order valence-electron chi connectivity index (χ0n) is 18.9. The van der Waals surface area contributed by atoms with Gasteiger partial charge in [-0.25, -0.2) is 4.79 Å². The first-order valence-electron chi connectivity index (χ1n) is 11.4. The number of benzene rings is 4. The van der Waals surface area contributed by atoms with Crippen LogP contribution in [0.3, 0.4) is 0 Å². The summed E-state index contributed by atoms with van der Waals surface area (Å²) in [6.45, 7) is 2.03. The first-order chi connectivity index (χ1) is 16.1. The molecular formula is C29H28N2O2. The van der Waals surface area contributed by atoms with Crippen molar-refractivity contribution in [3.63, 3.8) is 0 Å². The highest BCUT2D eigenvalue weighted by atomic mass is 16.5. The Kier molecular flexibility index (Phi) is 5.74. The van der Waals surface area contributed by atoms with E-state index in [0.29, 0.717) is 0 Å². The summed E-state index contributed by atoms with van der Waals surface area (Å²) in [6, 6.07) is 30.8. The van der Waals surface area contributed by atoms with Gasteiger partial charge in [-0.3, -0.25) is 0 Å². The standard InChI is InChI=1S/C29H28N2O2/c1-19(24-14-8-12-20-9-6-7-13-25(20)24)30-29(32)31-27-17-22-15-16-23(33-2)18-26(22)28(27)21-10-4-3-5-11-21/h3-16,18-19,27-28H,17H2,1-2H3,(H2,30,31,32)/t19-,27-,28-/m1/s1. The Balaban J connectivity index is 1.38. The molecule has 4 aromatic carbocycles. The average Bonchev–Trinajstić information content (AvgIpc) is 3.20. The summed E-state index contributed by atoms with van der Waals surface area (Å²) in [6.07, 6.45) is 0.787. The molecule has 1 aliphatic rings. The Labute approximate surface area is 194 Å². The number of amides is 2. The minimum absolute atomic E-state index is 0.0331. The van der Waals surface area contributed by atoms with E-state index in [4.69, 9.17) is 4.74 Å². The third-order valence-corrected chi connectivity index (χ3v) is 6.64. The topological polar surface area (TPSA) is 50.4 Å². The largest absolute Gasteiger partial charge is 0.497 e. The molecule has 0 spiro atoms. The first kappa shape index (κ1) is 21.1. The highest BCUT2D eigenvalue weighted by molar-refractivity contribution is 5.86. The van der Waals surface area contributed by atoms with Crippen molar-refractivity contribution in [2.75, 3.05) is 7.11 Å². The normalized spacial score (nSPS) is 17.9. The second kappa shape index (κ2) is 8.99. The van der Waals surface area contributed by atoms with E-state index < -0.39 is 0 Å². The SMILES string of the molecule is COc1ccc2c(c1)[C@@H](c1ccccc1)[C@H](NC(=O)N[C@H](C)c1cccc3ccccc13)C2. The van der Waals surface area contributed by atoms with Crippen LogP contribution in [0.2, 0.25) is 0 Å². The molecule has 2 N–H and O–H groups in total. The Hall–Kier alpha value is -3.79. The molecule has 4 nitrogen and oxygen atoms in total. The van der Waals surface area contributed by atoms with Crippen LogP contribution in [0.4, 0.5) is 4.79 Å². The number of methoxy groups -OCH3 is 1. The third kappa shape index (κ3) is 4.17. The molecule has 0 bridgehead atoms. The van der Waals surface area contributed by atoms with E-state index in [2.05, 4.69) is 59.2 Å². The van der Waals surface area contributed by atoms with Gasteiger partial charge in [0, 0.05) is 12.0 Å². The maximum atomic E-state index is 13.1. The highest BCUT2D eigenvalue weighted by Crippen LogP contribution is 2.40. The molecule has 166 valence electrons. The van der Waals surface area contributed by atoms with Crippen molar-refractivity contribution in [1.82, 2.24) is 10.6 Å². The van der Waals surface area contributed by atoms with Crippen LogP contribution < -0.4 is 15.4 Å². The number of fused-ring (bicyclic) bond motifs is 2. The third-order valence-electron chi connectivity index (χ3n) is 6.64. The van der Waals surface area contributed by atoms with Crippen molar-refractivity contribution in [2.24, 2.45) is 0 Å². The van der Waals surface area contributed by atoms with Gasteiger partial charge in [0.2, 0.25) is 0 Å². The van der Waals surface area contributed by atoms with Crippen LogP contribution in [-0.2, 0) is 6.42 Å². The lowest BCUT2D eigenvalue weighted by Gasteiger charge is -2.24. The van der Waals surface area contributed by atoms with Crippen LogP contribution in [0.5, 0.6) is 5.75 Å². The number of nitrogens with one attached hydrogen (secondary N) is 2. The lowest BCUT2D eigenvalue weighted by atomic mass is 9.90. The summed E-state index contributed by atoms with van der Waals surface area (Å²) in [5.41, 5.74) is 4.77. The second-order valence-electron chi connectivity index (χ2n) is 8.67. The van der Waals surface area contributed by atoms with Crippen LogP contribution in [-0.4, -0.2) is 19.2 Å². The fourth-order valence-corrected chi connectivity index (χ4v) is 5.07. The maximum absolute atomic E-state index is 13.1. The Morgan fingerprint density at radius 1 is 0.939 bits per heavy atom. The van der Waals surface area contributed by atoms with Gasteiger partial charge in [0.1, 0.15) is 5.75 Å². The van der Waals surface area contributed by atoms with Gasteiger partial charge in [-0.05, 0) is 58.5 Å². The number of rotatable bonds is 5. The fraction of sp³-hybridized carbons (Fsp3) is 0.207. The van der Waals surface area contributed by atoms with Gasteiger partial charge in [-0.1, -0.05) is 78.9 Å². The monoisotopic (exact) mass is 436 g/mol. The second-order valence-corrected chi connectivity index (χ2v) is 8.67. The molecule has 5 rings (SSSR count). The van der Waals surface area contributed by atoms with Gasteiger partial charge < -0.3 is 15.4 Å². The molecule has 0 saturated carbocycles. The van der Waals surface area contributed by atoms with Gasteiger partial charge in [-0.2, -0.15) is 0 Å². The molecule has 1 aliphatic carbocycles. The van der Waals surface area contributed by atoms with E-state index in [0.717, 1.165) is 23.1 Å². The van der Waals surface area contributed by atoms with Gasteiger partial charge >= 0.3 is 6.03 Å². The van der Waals surface area contributed by atoms with Crippen molar-refractivity contribution >= 4 is 16.8 Å². The predicted octanol–water partition coefficient (Wildman–Crippen LogP) is 5.97. The van der Waals surface area contributed by atoms with Crippen molar-refractivity contribution < 1.29 is 9.53 Å². The predicted molar refractivity (Wildman–Crippen MR) is 133 cm³/mol. The van der Waals surface area contributed by atoms with Crippen LogP contribution in [0, 0.1) is 0 Å². The first-order valence-corrected chi connectivity index (χ1v) is 11.4. The molecule has 2 amide bonds. The quantitative estimate of drug-likeness (QED) is 0.405. The number of carbonyl (C=O) groups is 1. The maximum Gasteiger partial charge on any atom is 0.315 e. The van der Waals surface area contributed by atoms with Gasteiger partial charge in [-0.15, -0.1) is 0 Å². The molecule has 0 aromatic heterocycles. The Morgan fingerprint density at radius 3 is 2.52 bits per heavy atom. The summed E-state index contributed by atoms with van der Waals surface area (Å²) in [5.74, 6) is 0.916. The van der Waals surface area contributed by atoms with E-state index in [1.807, 2.05) is 49.4 Å². The molecule has 0 radical (unpaired) electrons. The van der Waals surface area contributed by atoms with Crippen molar-refractivity contribution in [3.8, 4) is 5.75 Å². The molecule has 4 heteroatoms. The van der Waals surface area contributed by atoms with Crippen LogP contribution >= 0.6 is 0 Å². The molecule has 0 aliphatic heterocycles. The molecule has 3 atom stereocenters. The van der Waals surface area contributed by atoms with Crippen LogP contribution in [0.1, 0.15) is 41.1 Å². The lowest BCUT2D eigenvalue weighted by Crippen LogP contribution is -2.45. The van der Waals surface area contributed by atoms with E-state index in [1.165, 1.54) is 22.1 Å². The van der Waals surface area contributed by atoms with Crippen LogP contribution in [0.25, 0.3) is 10.8 Å². The Bertz CT molecular complexity index is 1280. The smallest absolute Gasteiger partial charge is 0.315 e. The van der Waals surface area contributed by atoms with E-state index in [1.54, 1.807) is 7.11 Å². The number of hydrogen-bond donors (Lipinski definition) is 2. The summed E-state index contributed by atoms with van der Waals surface area (Å²) in [7, 11) is 1.69. The van der Waals surface area contributed by atoms with E-state index >= 15 is 0 Å². The van der Waals surface area contributed by atoms with Crippen molar-refractivity contribution in [3.05, 3.63) is 113 Å². The molecule has 0 fully saturated rings. The summed E-state index contributed by atoms with van der Waals surface area (Å²) in [5, 5.41) is 8.77. The van der Waals surface area contributed by atoms with E-state index in [9.17, 15) is 4.79 Å². The number of ether oxygens (including phenoxy) is 1. The minimum atomic E-state index is -0.152.